The van der Waals surface area contributed by atoms with E-state index in [0.29, 0.717) is 23.6 Å². The molecule has 1 aromatic rings. The van der Waals surface area contributed by atoms with Crippen molar-refractivity contribution < 1.29 is 9.59 Å². The lowest BCUT2D eigenvalue weighted by Gasteiger charge is -2.28. The zero-order valence-electron chi connectivity index (χ0n) is 7.37. The molecule has 0 spiro atoms. The van der Waals surface area contributed by atoms with E-state index in [1.54, 1.807) is 24.3 Å². The van der Waals surface area contributed by atoms with Crippen LogP contribution in [0, 0.1) is 0 Å². The second-order valence-electron chi connectivity index (χ2n) is 3.11. The Kier molecular flexibility index (Phi) is 2.25. The van der Waals surface area contributed by atoms with E-state index in [1.165, 1.54) is 4.90 Å². The van der Waals surface area contributed by atoms with Crippen molar-refractivity contribution in [2.45, 2.75) is 6.42 Å². The van der Waals surface area contributed by atoms with E-state index in [2.05, 4.69) is 0 Å². The number of rotatable bonds is 1. The van der Waals surface area contributed by atoms with Gasteiger partial charge in [-0.1, -0.05) is 11.6 Å². The molecular formula is C10H8ClNO2. The summed E-state index contributed by atoms with van der Waals surface area (Å²) in [5.74, 6) is -0.345. The largest absolute Gasteiger partial charge is 0.278 e. The lowest BCUT2D eigenvalue weighted by atomic mass is 10.1. The number of halogens is 1. The first-order valence-electron chi connectivity index (χ1n) is 4.29. The quantitative estimate of drug-likeness (QED) is 0.522. The van der Waals surface area contributed by atoms with Crippen molar-refractivity contribution in [3.8, 4) is 0 Å². The van der Waals surface area contributed by atoms with Gasteiger partial charge in [0, 0.05) is 23.6 Å². The van der Waals surface area contributed by atoms with E-state index < -0.39 is 0 Å². The predicted molar refractivity (Wildman–Crippen MR) is 52.1 cm³/mol. The van der Waals surface area contributed by atoms with Gasteiger partial charge in [-0.15, -0.1) is 0 Å². The van der Waals surface area contributed by atoms with Gasteiger partial charge in [0.25, 0.3) is 5.91 Å². The molecule has 1 heterocycles. The number of likely N-dealkylation sites (tertiary alicyclic amines) is 1. The van der Waals surface area contributed by atoms with Gasteiger partial charge in [0.2, 0.25) is 5.91 Å². The number of β-lactam (4-membered cyclic amide) rings is 1. The van der Waals surface area contributed by atoms with Gasteiger partial charge in [-0.25, -0.2) is 0 Å². The normalized spacial score (nSPS) is 15.2. The first kappa shape index (κ1) is 9.21. The summed E-state index contributed by atoms with van der Waals surface area (Å²) in [6, 6.07) is 6.52. The van der Waals surface area contributed by atoms with Crippen LogP contribution in [-0.4, -0.2) is 23.3 Å². The molecule has 3 nitrogen and oxygen atoms in total. The third-order valence-corrected chi connectivity index (χ3v) is 2.44. The molecule has 0 saturated carbocycles. The van der Waals surface area contributed by atoms with Crippen LogP contribution in [-0.2, 0) is 4.79 Å². The highest BCUT2D eigenvalue weighted by molar-refractivity contribution is 6.30. The van der Waals surface area contributed by atoms with Crippen LogP contribution < -0.4 is 0 Å². The second-order valence-corrected chi connectivity index (χ2v) is 3.54. The van der Waals surface area contributed by atoms with Gasteiger partial charge < -0.3 is 0 Å². The molecule has 0 bridgehead atoms. The predicted octanol–water partition coefficient (Wildman–Crippen LogP) is 1.71. The van der Waals surface area contributed by atoms with Crippen LogP contribution in [0.3, 0.4) is 0 Å². The maximum Gasteiger partial charge on any atom is 0.260 e. The minimum Gasteiger partial charge on any atom is -0.278 e. The Hall–Kier alpha value is -1.35. The van der Waals surface area contributed by atoms with Crippen molar-refractivity contribution in [1.82, 2.24) is 4.90 Å². The topological polar surface area (TPSA) is 37.4 Å². The van der Waals surface area contributed by atoms with Crippen molar-refractivity contribution in [2.75, 3.05) is 6.54 Å². The highest BCUT2D eigenvalue weighted by Gasteiger charge is 2.30. The first-order valence-corrected chi connectivity index (χ1v) is 4.66. The average Bonchev–Trinajstić information content (AvgIpc) is 2.16. The minimum absolute atomic E-state index is 0.107. The maximum absolute atomic E-state index is 11.6. The average molecular weight is 210 g/mol. The van der Waals surface area contributed by atoms with E-state index in [1.807, 2.05) is 0 Å². The summed E-state index contributed by atoms with van der Waals surface area (Å²) in [6.45, 7) is 0.528. The van der Waals surface area contributed by atoms with Gasteiger partial charge in [0.15, 0.2) is 0 Å². The van der Waals surface area contributed by atoms with Crippen LogP contribution in [0.25, 0.3) is 0 Å². The molecule has 0 atom stereocenters. The Balaban J connectivity index is 2.19. The number of carbonyl (C=O) groups excluding carboxylic acids is 2. The second kappa shape index (κ2) is 3.42. The Morgan fingerprint density at radius 2 is 1.93 bits per heavy atom. The summed E-state index contributed by atoms with van der Waals surface area (Å²) in [6.07, 6.45) is 0.472. The van der Waals surface area contributed by atoms with Crippen LogP contribution in [0.15, 0.2) is 24.3 Å². The Labute approximate surface area is 86.3 Å². The van der Waals surface area contributed by atoms with Crippen molar-refractivity contribution >= 4 is 23.4 Å². The molecule has 1 aliphatic heterocycles. The Morgan fingerprint density at radius 1 is 1.29 bits per heavy atom. The summed E-state index contributed by atoms with van der Waals surface area (Å²) in [7, 11) is 0. The van der Waals surface area contributed by atoms with Crippen molar-refractivity contribution in [1.29, 1.82) is 0 Å². The number of nitrogens with zero attached hydrogens (tertiary/aromatic N) is 1. The van der Waals surface area contributed by atoms with Crippen LogP contribution >= 0.6 is 11.6 Å². The van der Waals surface area contributed by atoms with Gasteiger partial charge in [0.1, 0.15) is 0 Å². The monoisotopic (exact) mass is 209 g/mol. The van der Waals surface area contributed by atoms with Crippen LogP contribution in [0.1, 0.15) is 16.8 Å². The van der Waals surface area contributed by atoms with E-state index in [0.717, 1.165) is 0 Å². The van der Waals surface area contributed by atoms with Crippen LogP contribution in [0.2, 0.25) is 5.02 Å². The van der Waals surface area contributed by atoms with Crippen LogP contribution in [0.4, 0.5) is 0 Å². The smallest absolute Gasteiger partial charge is 0.260 e. The summed E-state index contributed by atoms with van der Waals surface area (Å²) < 4.78 is 0. The molecule has 72 valence electrons. The first-order chi connectivity index (χ1) is 6.68. The van der Waals surface area contributed by atoms with E-state index in [4.69, 9.17) is 11.6 Å². The fourth-order valence-corrected chi connectivity index (χ4v) is 1.40. The maximum atomic E-state index is 11.6. The zero-order chi connectivity index (χ0) is 10.1. The molecule has 0 aromatic heterocycles. The van der Waals surface area contributed by atoms with Crippen molar-refractivity contribution in [3.05, 3.63) is 34.9 Å². The Bertz CT molecular complexity index is 386. The molecule has 0 aliphatic carbocycles. The van der Waals surface area contributed by atoms with Crippen molar-refractivity contribution in [3.63, 3.8) is 0 Å². The molecule has 14 heavy (non-hydrogen) atoms. The summed E-state index contributed by atoms with van der Waals surface area (Å²) in [5, 5.41) is 0.580. The molecule has 1 fully saturated rings. The zero-order valence-corrected chi connectivity index (χ0v) is 8.12. The lowest BCUT2D eigenvalue weighted by Crippen LogP contribution is -2.47. The Morgan fingerprint density at radius 3 is 2.36 bits per heavy atom. The molecule has 1 aliphatic rings. The van der Waals surface area contributed by atoms with Gasteiger partial charge in [-0.2, -0.15) is 0 Å². The molecule has 0 N–H and O–H groups in total. The van der Waals surface area contributed by atoms with E-state index in [9.17, 15) is 9.59 Å². The van der Waals surface area contributed by atoms with Crippen LogP contribution in [0.5, 0.6) is 0 Å². The standard InChI is InChI=1S/C10H8ClNO2/c11-8-3-1-7(2-4-8)10(14)12-6-5-9(12)13/h1-4H,5-6H2. The van der Waals surface area contributed by atoms with Crippen molar-refractivity contribution in [2.24, 2.45) is 0 Å². The molecule has 4 heteroatoms. The molecule has 2 rings (SSSR count). The third kappa shape index (κ3) is 1.51. The molecule has 0 unspecified atom stereocenters. The van der Waals surface area contributed by atoms with E-state index >= 15 is 0 Å². The summed E-state index contributed by atoms with van der Waals surface area (Å²) in [4.78, 5) is 23.8. The van der Waals surface area contributed by atoms with Gasteiger partial charge in [-0.05, 0) is 24.3 Å². The number of hydrogen-bond acceptors (Lipinski definition) is 2. The fraction of sp³-hybridized carbons (Fsp3) is 0.200. The van der Waals surface area contributed by atoms with Gasteiger partial charge in [-0.3, -0.25) is 14.5 Å². The third-order valence-electron chi connectivity index (χ3n) is 2.19. The minimum atomic E-state index is -0.238. The fourth-order valence-electron chi connectivity index (χ4n) is 1.28. The van der Waals surface area contributed by atoms with Gasteiger partial charge >= 0.3 is 0 Å². The molecule has 0 radical (unpaired) electrons. The summed E-state index contributed by atoms with van der Waals surface area (Å²) >= 11 is 5.68. The number of hydrogen-bond donors (Lipinski definition) is 0. The molecular weight excluding hydrogens is 202 g/mol. The van der Waals surface area contributed by atoms with Gasteiger partial charge in [0.05, 0.1) is 0 Å². The van der Waals surface area contributed by atoms with E-state index in [-0.39, 0.29) is 11.8 Å². The highest BCUT2D eigenvalue weighted by Crippen LogP contribution is 2.16. The molecule has 2 amide bonds. The lowest BCUT2D eigenvalue weighted by molar-refractivity contribution is -0.135. The molecule has 1 aromatic carbocycles. The SMILES string of the molecule is O=C1CCN1C(=O)c1ccc(Cl)cc1. The molecule has 1 saturated heterocycles. The number of amides is 2. The number of benzene rings is 1. The number of imide groups is 1. The summed E-state index contributed by atoms with van der Waals surface area (Å²) in [5.41, 5.74) is 0.502. The highest BCUT2D eigenvalue weighted by atomic mass is 35.5. The number of carbonyl (C=O) groups is 2.